The van der Waals surface area contributed by atoms with Gasteiger partial charge in [-0.25, -0.2) is 0 Å². The van der Waals surface area contributed by atoms with Gasteiger partial charge in [-0.05, 0) is 111 Å². The summed E-state index contributed by atoms with van der Waals surface area (Å²) in [6.45, 7) is 6.91. The molecule has 0 heterocycles. The number of fused-ring (bicyclic) bond motifs is 4. The van der Waals surface area contributed by atoms with E-state index in [9.17, 15) is 0 Å². The van der Waals surface area contributed by atoms with Gasteiger partial charge in [0.2, 0.25) is 0 Å². The molecule has 0 saturated heterocycles. The van der Waals surface area contributed by atoms with Crippen molar-refractivity contribution in [3.63, 3.8) is 0 Å². The third kappa shape index (κ3) is 5.39. The fourth-order valence-corrected chi connectivity index (χ4v) is 8.97. The number of hydrogen-bond donors (Lipinski definition) is 0. The predicted molar refractivity (Wildman–Crippen MR) is 226 cm³/mol. The van der Waals surface area contributed by atoms with Crippen molar-refractivity contribution in [3.05, 3.63) is 199 Å². The molecule has 8 aromatic carbocycles. The maximum atomic E-state index is 2.52. The molecule has 256 valence electrons. The van der Waals surface area contributed by atoms with Crippen molar-refractivity contribution in [1.29, 1.82) is 0 Å². The van der Waals surface area contributed by atoms with Crippen LogP contribution in [-0.4, -0.2) is 0 Å². The Labute approximate surface area is 313 Å². The summed E-state index contributed by atoms with van der Waals surface area (Å²) in [5, 5.41) is 2.53. The first kappa shape index (κ1) is 32.7. The third-order valence-corrected chi connectivity index (χ3v) is 11.7. The normalized spacial score (nSPS) is 12.7. The first-order valence-corrected chi connectivity index (χ1v) is 19.0. The molecule has 8 aromatic rings. The number of nitrogens with zero attached hydrogens (tertiary/aromatic N) is 1. The maximum absolute atomic E-state index is 2.52. The lowest BCUT2D eigenvalue weighted by Gasteiger charge is -2.32. The summed E-state index contributed by atoms with van der Waals surface area (Å²) in [5.74, 6) is 0. The van der Waals surface area contributed by atoms with Gasteiger partial charge in [0, 0.05) is 27.7 Å². The van der Waals surface area contributed by atoms with Crippen LogP contribution in [-0.2, 0) is 5.41 Å². The van der Waals surface area contributed by atoms with Crippen LogP contribution in [0, 0.1) is 6.92 Å². The molecule has 0 aliphatic heterocycles. The first-order chi connectivity index (χ1) is 26.1. The van der Waals surface area contributed by atoms with Gasteiger partial charge in [-0.3, -0.25) is 0 Å². The Morgan fingerprint density at radius 3 is 1.55 bits per heavy atom. The van der Waals surface area contributed by atoms with Crippen LogP contribution < -0.4 is 4.90 Å². The van der Waals surface area contributed by atoms with E-state index in [2.05, 4.69) is 208 Å². The lowest BCUT2D eigenvalue weighted by atomic mass is 9.73. The average Bonchev–Trinajstić information content (AvgIpc) is 3.51. The van der Waals surface area contributed by atoms with Crippen LogP contribution in [0.2, 0.25) is 0 Å². The van der Waals surface area contributed by atoms with E-state index >= 15 is 0 Å². The summed E-state index contributed by atoms with van der Waals surface area (Å²) in [6, 6.07) is 67.1. The van der Waals surface area contributed by atoms with Crippen molar-refractivity contribution in [2.45, 2.75) is 39.0 Å². The monoisotopic (exact) mass is 681 g/mol. The highest BCUT2D eigenvalue weighted by atomic mass is 15.1. The molecule has 0 spiro atoms. The first-order valence-electron chi connectivity index (χ1n) is 19.0. The average molecular weight is 682 g/mol. The van der Waals surface area contributed by atoms with Crippen molar-refractivity contribution in [3.8, 4) is 44.5 Å². The number of anilines is 3. The van der Waals surface area contributed by atoms with Gasteiger partial charge in [0.05, 0.1) is 5.69 Å². The van der Waals surface area contributed by atoms with Crippen LogP contribution >= 0.6 is 0 Å². The van der Waals surface area contributed by atoms with Gasteiger partial charge in [0.25, 0.3) is 0 Å². The molecular formula is C52H43N. The predicted octanol–water partition coefficient (Wildman–Crippen LogP) is 14.7. The number of aryl methyl sites for hydroxylation is 1. The van der Waals surface area contributed by atoms with Crippen molar-refractivity contribution in [2.75, 3.05) is 4.90 Å². The van der Waals surface area contributed by atoms with Gasteiger partial charge in [-0.15, -0.1) is 0 Å². The second kappa shape index (κ2) is 13.4. The molecule has 0 aromatic heterocycles. The molecule has 0 unspecified atom stereocenters. The van der Waals surface area contributed by atoms with Gasteiger partial charge in [-0.1, -0.05) is 166 Å². The van der Waals surface area contributed by atoms with Crippen LogP contribution in [0.4, 0.5) is 17.1 Å². The summed E-state index contributed by atoms with van der Waals surface area (Å²) < 4.78 is 0. The van der Waals surface area contributed by atoms with Gasteiger partial charge in [-0.2, -0.15) is 0 Å². The van der Waals surface area contributed by atoms with Crippen molar-refractivity contribution in [2.24, 2.45) is 0 Å². The Bertz CT molecular complexity index is 2570. The van der Waals surface area contributed by atoms with Crippen molar-refractivity contribution >= 4 is 27.8 Å². The highest BCUT2D eigenvalue weighted by molar-refractivity contribution is 6.10. The molecule has 1 aliphatic carbocycles. The SMILES string of the molecule is CCC1(CC)c2ccccc2-c2c1cc1ccccc1c2N(c1ccc(-c2ccccc2C)cc1)c1ccc(-c2ccccc2-c2ccccc2)cc1. The largest absolute Gasteiger partial charge is 0.309 e. The lowest BCUT2D eigenvalue weighted by Crippen LogP contribution is -2.23. The second-order valence-electron chi connectivity index (χ2n) is 14.4. The molecule has 0 amide bonds. The standard InChI is InChI=1S/C52H43N/c1-4-52(5-2)48-26-16-15-25-47(48)50-49(52)35-40-20-10-12-24-46(40)51(50)53(41-31-27-38(28-32-41)43-21-11-9-17-36(43)3)42-33-29-39(30-34-42)45-23-14-13-22-44(45)37-18-7-6-8-19-37/h6-35H,4-5H2,1-3H3. The molecular weight excluding hydrogens is 639 g/mol. The Balaban J connectivity index is 1.29. The Morgan fingerprint density at radius 1 is 0.434 bits per heavy atom. The number of rotatable bonds is 8. The summed E-state index contributed by atoms with van der Waals surface area (Å²) in [7, 11) is 0. The van der Waals surface area contributed by atoms with Crippen LogP contribution in [0.3, 0.4) is 0 Å². The lowest BCUT2D eigenvalue weighted by molar-refractivity contribution is 0.491. The van der Waals surface area contributed by atoms with E-state index < -0.39 is 0 Å². The highest BCUT2D eigenvalue weighted by Crippen LogP contribution is 2.59. The highest BCUT2D eigenvalue weighted by Gasteiger charge is 2.43. The summed E-state index contributed by atoms with van der Waals surface area (Å²) in [6.07, 6.45) is 2.10. The van der Waals surface area contributed by atoms with E-state index in [1.807, 2.05) is 0 Å². The van der Waals surface area contributed by atoms with Crippen LogP contribution in [0.25, 0.3) is 55.3 Å². The van der Waals surface area contributed by atoms with E-state index in [-0.39, 0.29) is 5.41 Å². The topological polar surface area (TPSA) is 3.24 Å². The van der Waals surface area contributed by atoms with Crippen LogP contribution in [0.5, 0.6) is 0 Å². The minimum Gasteiger partial charge on any atom is -0.309 e. The van der Waals surface area contributed by atoms with Crippen LogP contribution in [0.1, 0.15) is 43.4 Å². The molecule has 0 radical (unpaired) electrons. The molecule has 0 fully saturated rings. The smallest absolute Gasteiger partial charge is 0.0621 e. The zero-order chi connectivity index (χ0) is 35.9. The van der Waals surface area contributed by atoms with Gasteiger partial charge in [0.1, 0.15) is 0 Å². The van der Waals surface area contributed by atoms with E-state index in [4.69, 9.17) is 0 Å². The maximum Gasteiger partial charge on any atom is 0.0621 e. The van der Waals surface area contributed by atoms with Crippen LogP contribution in [0.15, 0.2) is 182 Å². The molecule has 0 N–H and O–H groups in total. The summed E-state index contributed by atoms with van der Waals surface area (Å²) in [4.78, 5) is 2.52. The number of hydrogen-bond acceptors (Lipinski definition) is 1. The molecule has 53 heavy (non-hydrogen) atoms. The van der Waals surface area contributed by atoms with Gasteiger partial charge >= 0.3 is 0 Å². The van der Waals surface area contributed by atoms with E-state index in [1.165, 1.54) is 77.7 Å². The molecule has 1 heteroatoms. The molecule has 1 aliphatic rings. The Kier molecular flexibility index (Phi) is 8.28. The zero-order valence-corrected chi connectivity index (χ0v) is 30.7. The third-order valence-electron chi connectivity index (χ3n) is 11.7. The molecule has 9 rings (SSSR count). The molecule has 0 saturated carbocycles. The fourth-order valence-electron chi connectivity index (χ4n) is 8.97. The van der Waals surface area contributed by atoms with Gasteiger partial charge < -0.3 is 4.90 Å². The second-order valence-corrected chi connectivity index (χ2v) is 14.4. The van der Waals surface area contributed by atoms with E-state index in [0.29, 0.717) is 0 Å². The molecule has 0 bridgehead atoms. The minimum absolute atomic E-state index is 0.0456. The summed E-state index contributed by atoms with van der Waals surface area (Å²) >= 11 is 0. The Morgan fingerprint density at radius 2 is 0.925 bits per heavy atom. The van der Waals surface area contributed by atoms with E-state index in [1.54, 1.807) is 0 Å². The minimum atomic E-state index is -0.0456. The number of benzene rings is 8. The van der Waals surface area contributed by atoms with Crippen molar-refractivity contribution in [1.82, 2.24) is 0 Å². The van der Waals surface area contributed by atoms with E-state index in [0.717, 1.165) is 24.2 Å². The Hall–Kier alpha value is -6.18. The molecule has 0 atom stereocenters. The quantitative estimate of drug-likeness (QED) is 0.154. The van der Waals surface area contributed by atoms with Gasteiger partial charge in [0.15, 0.2) is 0 Å². The van der Waals surface area contributed by atoms with Crippen molar-refractivity contribution < 1.29 is 0 Å². The summed E-state index contributed by atoms with van der Waals surface area (Å²) in [5.41, 5.74) is 17.7. The zero-order valence-electron chi connectivity index (χ0n) is 30.7. The molecule has 1 nitrogen and oxygen atoms in total. The fraction of sp³-hybridized carbons (Fsp3) is 0.115.